The Labute approximate surface area is 128 Å². The van der Waals surface area contributed by atoms with E-state index in [4.69, 9.17) is 0 Å². The minimum Gasteiger partial charge on any atom is -0.354 e. The van der Waals surface area contributed by atoms with Crippen molar-refractivity contribution < 1.29 is 13.2 Å². The van der Waals surface area contributed by atoms with Crippen molar-refractivity contribution in [1.82, 2.24) is 5.32 Å². The lowest BCUT2D eigenvalue weighted by Crippen LogP contribution is -2.31. The number of amides is 1. The van der Waals surface area contributed by atoms with E-state index in [0.29, 0.717) is 6.42 Å². The van der Waals surface area contributed by atoms with Crippen molar-refractivity contribution in [2.45, 2.75) is 23.5 Å². The largest absolute Gasteiger partial charge is 0.354 e. The van der Waals surface area contributed by atoms with Gasteiger partial charge in [-0.05, 0) is 23.6 Å². The number of benzene rings is 1. The van der Waals surface area contributed by atoms with Crippen LogP contribution in [-0.4, -0.2) is 20.9 Å². The fourth-order valence-corrected chi connectivity index (χ4v) is 4.75. The third-order valence-corrected chi connectivity index (χ3v) is 6.35. The molecule has 1 N–H and O–H groups in total. The number of hydrogen-bond acceptors (Lipinski definition) is 4. The molecule has 1 heterocycles. The van der Waals surface area contributed by atoms with Crippen molar-refractivity contribution in [3.8, 4) is 0 Å². The van der Waals surface area contributed by atoms with E-state index in [9.17, 15) is 13.2 Å². The normalized spacial score (nSPS) is 12.8. The van der Waals surface area contributed by atoms with Gasteiger partial charge >= 0.3 is 0 Å². The molecule has 0 saturated heterocycles. The van der Waals surface area contributed by atoms with Crippen molar-refractivity contribution in [3.63, 3.8) is 0 Å². The number of thiophene rings is 1. The zero-order chi connectivity index (χ0) is 15.3. The zero-order valence-electron chi connectivity index (χ0n) is 11.7. The lowest BCUT2D eigenvalue weighted by atomic mass is 10.3. The summed E-state index contributed by atoms with van der Waals surface area (Å²) >= 11 is 1.38. The Balaban J connectivity index is 2.33. The molecule has 0 aliphatic rings. The molecule has 0 unspecified atom stereocenters. The molecule has 0 spiro atoms. The molecule has 0 fully saturated rings. The summed E-state index contributed by atoms with van der Waals surface area (Å²) < 4.78 is 25.6. The van der Waals surface area contributed by atoms with Crippen LogP contribution in [0.25, 0.3) is 0 Å². The molecule has 1 atom stereocenters. The molecule has 1 amide bonds. The number of sulfone groups is 1. The topological polar surface area (TPSA) is 63.2 Å². The number of carbonyl (C=O) groups excluding carboxylic acids is 1. The Morgan fingerprint density at radius 3 is 2.48 bits per heavy atom. The number of rotatable bonds is 6. The van der Waals surface area contributed by atoms with E-state index in [0.717, 1.165) is 4.88 Å². The van der Waals surface area contributed by atoms with E-state index in [1.165, 1.54) is 11.3 Å². The highest BCUT2D eigenvalue weighted by molar-refractivity contribution is 7.91. The predicted octanol–water partition coefficient (Wildman–Crippen LogP) is 2.79. The first kappa shape index (κ1) is 15.7. The molecule has 0 radical (unpaired) electrons. The summed E-state index contributed by atoms with van der Waals surface area (Å²) in [5, 5.41) is 3.77. The van der Waals surface area contributed by atoms with E-state index in [-0.39, 0.29) is 17.3 Å². The van der Waals surface area contributed by atoms with Crippen LogP contribution >= 0.6 is 11.3 Å². The van der Waals surface area contributed by atoms with E-state index in [2.05, 4.69) is 5.32 Å². The summed E-state index contributed by atoms with van der Waals surface area (Å²) in [6, 6.07) is 11.9. The van der Waals surface area contributed by atoms with E-state index >= 15 is 0 Å². The Bertz CT molecular complexity index is 679. The SMILES string of the molecule is CCC(=O)NC[C@@H](c1cccs1)S(=O)(=O)c1ccccc1. The molecule has 1 aromatic heterocycles. The van der Waals surface area contributed by atoms with Gasteiger partial charge in [0.25, 0.3) is 0 Å². The van der Waals surface area contributed by atoms with Crippen LogP contribution in [0, 0.1) is 0 Å². The maximum atomic E-state index is 12.8. The fourth-order valence-electron chi connectivity index (χ4n) is 1.94. The molecule has 6 heteroatoms. The second-order valence-corrected chi connectivity index (χ2v) is 7.63. The van der Waals surface area contributed by atoms with Crippen molar-refractivity contribution >= 4 is 27.1 Å². The van der Waals surface area contributed by atoms with Gasteiger partial charge in [-0.3, -0.25) is 4.79 Å². The molecule has 21 heavy (non-hydrogen) atoms. The van der Waals surface area contributed by atoms with Crippen LogP contribution in [0.2, 0.25) is 0 Å². The number of hydrogen-bond donors (Lipinski definition) is 1. The molecule has 0 saturated carbocycles. The van der Waals surface area contributed by atoms with Crippen molar-refractivity contribution in [3.05, 3.63) is 52.7 Å². The minimum atomic E-state index is -3.53. The summed E-state index contributed by atoms with van der Waals surface area (Å²) in [6.07, 6.45) is 0.336. The average Bonchev–Trinajstić information content (AvgIpc) is 3.02. The van der Waals surface area contributed by atoms with Gasteiger partial charge in [-0.2, -0.15) is 0 Å². The smallest absolute Gasteiger partial charge is 0.219 e. The van der Waals surface area contributed by atoms with E-state index < -0.39 is 15.1 Å². The Kier molecular flexibility index (Phi) is 5.14. The first-order chi connectivity index (χ1) is 10.1. The fraction of sp³-hybridized carbons (Fsp3) is 0.267. The van der Waals surface area contributed by atoms with Crippen LogP contribution in [0.1, 0.15) is 23.5 Å². The molecule has 2 rings (SSSR count). The second-order valence-electron chi connectivity index (χ2n) is 4.52. The summed E-state index contributed by atoms with van der Waals surface area (Å²) in [7, 11) is -3.53. The molecule has 112 valence electrons. The lowest BCUT2D eigenvalue weighted by Gasteiger charge is -2.17. The highest BCUT2D eigenvalue weighted by atomic mass is 32.2. The van der Waals surface area contributed by atoms with Crippen molar-refractivity contribution in [1.29, 1.82) is 0 Å². The second kappa shape index (κ2) is 6.87. The van der Waals surface area contributed by atoms with E-state index in [1.54, 1.807) is 43.3 Å². The van der Waals surface area contributed by atoms with E-state index in [1.807, 2.05) is 11.4 Å². The third-order valence-electron chi connectivity index (χ3n) is 3.11. The maximum Gasteiger partial charge on any atom is 0.219 e. The van der Waals surface area contributed by atoms with Crippen LogP contribution in [0.4, 0.5) is 0 Å². The Morgan fingerprint density at radius 1 is 1.19 bits per heavy atom. The van der Waals surface area contributed by atoms with Crippen molar-refractivity contribution in [2.75, 3.05) is 6.54 Å². The highest BCUT2D eigenvalue weighted by Gasteiger charge is 2.30. The molecule has 1 aromatic carbocycles. The molecule has 4 nitrogen and oxygen atoms in total. The zero-order valence-corrected chi connectivity index (χ0v) is 13.3. The van der Waals surface area contributed by atoms with Gasteiger partial charge in [-0.25, -0.2) is 8.42 Å². The minimum absolute atomic E-state index is 0.0877. The van der Waals surface area contributed by atoms with Gasteiger partial charge in [0.2, 0.25) is 5.91 Å². The van der Waals surface area contributed by atoms with Gasteiger partial charge in [0, 0.05) is 17.8 Å². The lowest BCUT2D eigenvalue weighted by molar-refractivity contribution is -0.120. The summed E-state index contributed by atoms with van der Waals surface area (Å²) in [6.45, 7) is 1.82. The Morgan fingerprint density at radius 2 is 1.90 bits per heavy atom. The van der Waals surface area contributed by atoms with Crippen LogP contribution in [-0.2, 0) is 14.6 Å². The van der Waals surface area contributed by atoms with Crippen LogP contribution in [0.5, 0.6) is 0 Å². The summed E-state index contributed by atoms with van der Waals surface area (Å²) in [5.74, 6) is -0.153. The van der Waals surface area contributed by atoms with Gasteiger partial charge in [-0.15, -0.1) is 11.3 Å². The summed E-state index contributed by atoms with van der Waals surface area (Å²) in [5.41, 5.74) is 0. The first-order valence-corrected chi connectivity index (χ1v) is 9.07. The highest BCUT2D eigenvalue weighted by Crippen LogP contribution is 2.31. The van der Waals surface area contributed by atoms with Crippen LogP contribution in [0.3, 0.4) is 0 Å². The van der Waals surface area contributed by atoms with Gasteiger partial charge < -0.3 is 5.32 Å². The Hall–Kier alpha value is -1.66. The van der Waals surface area contributed by atoms with Crippen LogP contribution < -0.4 is 5.32 Å². The molecule has 0 aliphatic carbocycles. The number of nitrogens with one attached hydrogen (secondary N) is 1. The van der Waals surface area contributed by atoms with Gasteiger partial charge in [0.1, 0.15) is 5.25 Å². The standard InChI is InChI=1S/C15H17NO3S2/c1-2-15(17)16-11-14(13-9-6-10-20-13)21(18,19)12-7-4-3-5-8-12/h3-10,14H,2,11H2,1H3,(H,16,17)/t14-/m0/s1. The first-order valence-electron chi connectivity index (χ1n) is 6.64. The third kappa shape index (κ3) is 3.71. The molecule has 0 bridgehead atoms. The molecule has 0 aliphatic heterocycles. The van der Waals surface area contributed by atoms with Crippen molar-refractivity contribution in [2.24, 2.45) is 0 Å². The number of carbonyl (C=O) groups is 1. The quantitative estimate of drug-likeness (QED) is 0.889. The predicted molar refractivity (Wildman–Crippen MR) is 84.0 cm³/mol. The van der Waals surface area contributed by atoms with Crippen LogP contribution in [0.15, 0.2) is 52.7 Å². The van der Waals surface area contributed by atoms with Gasteiger partial charge in [0.05, 0.1) is 4.90 Å². The molecule has 2 aromatic rings. The molecular formula is C15H17NO3S2. The molecular weight excluding hydrogens is 306 g/mol. The monoisotopic (exact) mass is 323 g/mol. The average molecular weight is 323 g/mol. The van der Waals surface area contributed by atoms with Gasteiger partial charge in [-0.1, -0.05) is 31.2 Å². The maximum absolute atomic E-state index is 12.8. The van der Waals surface area contributed by atoms with Gasteiger partial charge in [0.15, 0.2) is 9.84 Å². The summed E-state index contributed by atoms with van der Waals surface area (Å²) in [4.78, 5) is 12.5.